The van der Waals surface area contributed by atoms with E-state index in [0.29, 0.717) is 12.5 Å². The van der Waals surface area contributed by atoms with E-state index in [2.05, 4.69) is 5.32 Å². The maximum absolute atomic E-state index is 12.0. The summed E-state index contributed by atoms with van der Waals surface area (Å²) in [7, 11) is 0. The molecule has 2 atom stereocenters. The summed E-state index contributed by atoms with van der Waals surface area (Å²) in [5.74, 6) is 1.68. The van der Waals surface area contributed by atoms with Crippen molar-refractivity contribution in [3.05, 3.63) is 0 Å². The van der Waals surface area contributed by atoms with E-state index < -0.39 is 18.1 Å². The Morgan fingerprint density at radius 3 is 2.63 bits per heavy atom. The largest absolute Gasteiger partial charge is 0.480 e. The Hall–Kier alpha value is -0.950. The Bertz CT molecular complexity index is 347. The summed E-state index contributed by atoms with van der Waals surface area (Å²) < 4.78 is 0. The van der Waals surface area contributed by atoms with Gasteiger partial charge in [0.1, 0.15) is 6.04 Å². The van der Waals surface area contributed by atoms with Crippen LogP contribution in [0.3, 0.4) is 0 Å². The van der Waals surface area contributed by atoms with E-state index >= 15 is 0 Å². The molecule has 0 saturated carbocycles. The van der Waals surface area contributed by atoms with E-state index in [0.717, 1.165) is 24.3 Å². The molecule has 108 valence electrons. The number of carboxylic acid groups (broad SMARTS) is 1. The highest BCUT2D eigenvalue weighted by Gasteiger charge is 2.38. The van der Waals surface area contributed by atoms with Gasteiger partial charge in [-0.3, -0.25) is 0 Å². The van der Waals surface area contributed by atoms with E-state index in [4.69, 9.17) is 5.11 Å². The van der Waals surface area contributed by atoms with Crippen LogP contribution in [0.15, 0.2) is 0 Å². The molecule has 0 aromatic rings. The van der Waals surface area contributed by atoms with Gasteiger partial charge in [0.15, 0.2) is 0 Å². The zero-order chi connectivity index (χ0) is 13.8. The first-order chi connectivity index (χ1) is 9.08. The Kier molecular flexibility index (Phi) is 4.93. The van der Waals surface area contributed by atoms with Crippen LogP contribution in [0, 0.1) is 5.92 Å². The Morgan fingerprint density at radius 1 is 1.32 bits per heavy atom. The lowest BCUT2D eigenvalue weighted by atomic mass is 10.0. The highest BCUT2D eigenvalue weighted by Crippen LogP contribution is 2.22. The number of β-amino-alcohol motifs (C(OH)–C–C–N with tert-alkyl or cyclic N) is 1. The van der Waals surface area contributed by atoms with E-state index in [1.807, 2.05) is 11.8 Å². The average molecular weight is 288 g/mol. The van der Waals surface area contributed by atoms with Crippen molar-refractivity contribution in [3.8, 4) is 0 Å². The molecule has 6 nitrogen and oxygen atoms in total. The first kappa shape index (κ1) is 14.5. The number of aliphatic hydroxyl groups excluding tert-OH is 1. The molecular weight excluding hydrogens is 268 g/mol. The lowest BCUT2D eigenvalue weighted by Gasteiger charge is -2.25. The monoisotopic (exact) mass is 288 g/mol. The minimum Gasteiger partial charge on any atom is -0.480 e. The number of aliphatic carboxylic acids is 1. The number of hydrogen-bond acceptors (Lipinski definition) is 4. The fourth-order valence-corrected chi connectivity index (χ4v) is 3.76. The number of carbonyl (C=O) groups is 2. The molecule has 2 aliphatic rings. The minimum atomic E-state index is -1.05. The summed E-state index contributed by atoms with van der Waals surface area (Å²) in [5.41, 5.74) is 0. The smallest absolute Gasteiger partial charge is 0.326 e. The molecule has 0 spiro atoms. The zero-order valence-electron chi connectivity index (χ0n) is 10.7. The number of carbonyl (C=O) groups excluding carboxylic acids is 1. The van der Waals surface area contributed by atoms with Crippen molar-refractivity contribution in [3.63, 3.8) is 0 Å². The van der Waals surface area contributed by atoms with E-state index in [-0.39, 0.29) is 19.0 Å². The highest BCUT2D eigenvalue weighted by molar-refractivity contribution is 7.99. The third-order valence-corrected chi connectivity index (χ3v) is 4.76. The van der Waals surface area contributed by atoms with Crippen LogP contribution in [0.25, 0.3) is 0 Å². The van der Waals surface area contributed by atoms with E-state index in [9.17, 15) is 14.7 Å². The number of nitrogens with zero attached hydrogens (tertiary/aromatic N) is 1. The van der Waals surface area contributed by atoms with Crippen LogP contribution in [0.1, 0.15) is 19.3 Å². The third kappa shape index (κ3) is 3.76. The maximum atomic E-state index is 12.0. The maximum Gasteiger partial charge on any atom is 0.326 e. The van der Waals surface area contributed by atoms with E-state index in [1.54, 1.807) is 0 Å². The van der Waals surface area contributed by atoms with Gasteiger partial charge in [0.25, 0.3) is 0 Å². The van der Waals surface area contributed by atoms with Crippen LogP contribution in [-0.2, 0) is 4.79 Å². The number of aliphatic hydroxyl groups is 1. The SMILES string of the molecule is O=C(O)[C@@H]1C[C@@H](O)CN1C(=O)NCC1CCSCC1. The predicted octanol–water partition coefficient (Wildman–Crippen LogP) is 0.359. The summed E-state index contributed by atoms with van der Waals surface area (Å²) in [6.07, 6.45) is 1.56. The summed E-state index contributed by atoms with van der Waals surface area (Å²) in [4.78, 5) is 24.2. The number of amides is 2. The third-order valence-electron chi connectivity index (χ3n) is 3.71. The van der Waals surface area contributed by atoms with Crippen LogP contribution in [0.5, 0.6) is 0 Å². The van der Waals surface area contributed by atoms with Gasteiger partial charge in [0.05, 0.1) is 6.10 Å². The molecule has 2 amide bonds. The molecule has 0 aromatic carbocycles. The number of thioether (sulfide) groups is 1. The van der Waals surface area contributed by atoms with Gasteiger partial charge in [0, 0.05) is 19.5 Å². The molecule has 0 aliphatic carbocycles. The molecule has 0 radical (unpaired) electrons. The quantitative estimate of drug-likeness (QED) is 0.697. The lowest BCUT2D eigenvalue weighted by molar-refractivity contribution is -0.141. The minimum absolute atomic E-state index is 0.101. The fraction of sp³-hybridized carbons (Fsp3) is 0.833. The van der Waals surface area contributed by atoms with Crippen molar-refractivity contribution in [2.45, 2.75) is 31.4 Å². The number of likely N-dealkylation sites (tertiary alicyclic amines) is 1. The molecule has 19 heavy (non-hydrogen) atoms. The standard InChI is InChI=1S/C12H20N2O4S/c15-9-5-10(11(16)17)14(7-9)12(18)13-6-8-1-3-19-4-2-8/h8-10,15H,1-7H2,(H,13,18)(H,16,17)/t9-,10+/m1/s1. The van der Waals surface area contributed by atoms with Crippen molar-refractivity contribution >= 4 is 23.8 Å². The second-order valence-corrected chi connectivity index (χ2v) is 6.36. The van der Waals surface area contributed by atoms with Gasteiger partial charge in [-0.2, -0.15) is 11.8 Å². The van der Waals surface area contributed by atoms with Gasteiger partial charge in [-0.05, 0) is 30.3 Å². The van der Waals surface area contributed by atoms with Gasteiger partial charge in [-0.1, -0.05) is 0 Å². The molecule has 0 aromatic heterocycles. The highest BCUT2D eigenvalue weighted by atomic mass is 32.2. The average Bonchev–Trinajstić information content (AvgIpc) is 2.79. The first-order valence-corrected chi connectivity index (χ1v) is 7.76. The number of carboxylic acids is 1. The van der Waals surface area contributed by atoms with E-state index in [1.165, 1.54) is 4.90 Å². The molecule has 7 heteroatoms. The van der Waals surface area contributed by atoms with Crippen molar-refractivity contribution in [2.75, 3.05) is 24.6 Å². The fourth-order valence-electron chi connectivity index (χ4n) is 2.56. The summed E-state index contributed by atoms with van der Waals surface area (Å²) in [5, 5.41) is 21.3. The van der Waals surface area contributed by atoms with Crippen LogP contribution >= 0.6 is 11.8 Å². The normalized spacial score (nSPS) is 28.4. The second kappa shape index (κ2) is 6.47. The second-order valence-electron chi connectivity index (χ2n) is 5.14. The number of nitrogens with one attached hydrogen (secondary N) is 1. The zero-order valence-corrected chi connectivity index (χ0v) is 11.6. The van der Waals surface area contributed by atoms with Gasteiger partial charge < -0.3 is 20.4 Å². The summed E-state index contributed by atoms with van der Waals surface area (Å²) in [6.45, 7) is 0.696. The van der Waals surface area contributed by atoms with Crippen LogP contribution < -0.4 is 5.32 Å². The summed E-state index contributed by atoms with van der Waals surface area (Å²) in [6, 6.07) is -1.28. The van der Waals surface area contributed by atoms with Gasteiger partial charge in [-0.25, -0.2) is 9.59 Å². The topological polar surface area (TPSA) is 89.9 Å². The van der Waals surface area contributed by atoms with Gasteiger partial charge in [0.2, 0.25) is 0 Å². The lowest BCUT2D eigenvalue weighted by Crippen LogP contribution is -2.47. The molecule has 0 bridgehead atoms. The predicted molar refractivity (Wildman–Crippen MR) is 72.2 cm³/mol. The molecule has 0 unspecified atom stereocenters. The van der Waals surface area contributed by atoms with Crippen LogP contribution in [-0.4, -0.2) is 63.9 Å². The molecule has 3 N–H and O–H groups in total. The molecule has 2 saturated heterocycles. The molecule has 2 aliphatic heterocycles. The Balaban J connectivity index is 1.82. The van der Waals surface area contributed by atoms with Crippen LogP contribution in [0.2, 0.25) is 0 Å². The van der Waals surface area contributed by atoms with Crippen molar-refractivity contribution in [1.82, 2.24) is 10.2 Å². The van der Waals surface area contributed by atoms with Crippen molar-refractivity contribution in [2.24, 2.45) is 5.92 Å². The molecule has 2 heterocycles. The number of rotatable bonds is 3. The van der Waals surface area contributed by atoms with Crippen LogP contribution in [0.4, 0.5) is 4.79 Å². The Morgan fingerprint density at radius 2 is 2.00 bits per heavy atom. The molecule has 2 rings (SSSR count). The molecule has 2 fully saturated rings. The van der Waals surface area contributed by atoms with Crippen molar-refractivity contribution < 1.29 is 19.8 Å². The van der Waals surface area contributed by atoms with Gasteiger partial charge in [-0.15, -0.1) is 0 Å². The Labute approximate surface area is 116 Å². The number of hydrogen-bond donors (Lipinski definition) is 3. The number of urea groups is 1. The van der Waals surface area contributed by atoms with Gasteiger partial charge >= 0.3 is 12.0 Å². The first-order valence-electron chi connectivity index (χ1n) is 6.61. The molecular formula is C12H20N2O4S. The van der Waals surface area contributed by atoms with Crippen molar-refractivity contribution in [1.29, 1.82) is 0 Å². The summed E-state index contributed by atoms with van der Waals surface area (Å²) >= 11 is 1.93.